The van der Waals surface area contributed by atoms with E-state index in [1.807, 2.05) is 0 Å². The average Bonchev–Trinajstić information content (AvgIpc) is 3.16. The van der Waals surface area contributed by atoms with Crippen LogP contribution in [0.3, 0.4) is 0 Å². The Hall–Kier alpha value is -2.42. The third kappa shape index (κ3) is 3.73. The van der Waals surface area contributed by atoms with Gasteiger partial charge in [-0.15, -0.1) is 11.3 Å². The molecule has 0 aliphatic carbocycles. The van der Waals surface area contributed by atoms with E-state index in [0.717, 1.165) is 17.7 Å². The van der Waals surface area contributed by atoms with Crippen molar-refractivity contribution in [2.24, 2.45) is 0 Å². The second-order valence-corrected chi connectivity index (χ2v) is 6.90. The summed E-state index contributed by atoms with van der Waals surface area (Å²) in [7, 11) is 0. The van der Waals surface area contributed by atoms with Crippen LogP contribution in [-0.2, 0) is 6.42 Å². The van der Waals surface area contributed by atoms with Crippen molar-refractivity contribution >= 4 is 22.5 Å². The van der Waals surface area contributed by atoms with Gasteiger partial charge in [0.05, 0.1) is 0 Å². The number of likely N-dealkylation sites (tertiary alicyclic amines) is 1. The third-order valence-corrected chi connectivity index (χ3v) is 4.93. The fraction of sp³-hybridized carbons (Fsp3) is 0.467. The van der Waals surface area contributed by atoms with Crippen LogP contribution in [0.5, 0.6) is 0 Å². The first-order valence-electron chi connectivity index (χ1n) is 7.89. The predicted molar refractivity (Wildman–Crippen MR) is 91.7 cm³/mol. The number of aromatic nitrogens is 3. The molecule has 1 atom stereocenters. The van der Waals surface area contributed by atoms with Gasteiger partial charge in [-0.25, -0.2) is 14.6 Å². The SMILES string of the molecule is CCCc1cnc(NC(=O)N2CC[C@H](c3cc(=O)[nH]c(=O)[nH]3)C2)s1. The number of thiazole rings is 1. The Morgan fingerprint density at radius 3 is 3.04 bits per heavy atom. The first kappa shape index (κ1) is 16.4. The summed E-state index contributed by atoms with van der Waals surface area (Å²) in [5.41, 5.74) is -0.381. The summed E-state index contributed by atoms with van der Waals surface area (Å²) in [4.78, 5) is 46.9. The summed E-state index contributed by atoms with van der Waals surface area (Å²) in [6.07, 6.45) is 4.48. The van der Waals surface area contributed by atoms with E-state index in [1.165, 1.54) is 17.4 Å². The summed E-state index contributed by atoms with van der Waals surface area (Å²) in [5.74, 6) is -0.0438. The smallest absolute Gasteiger partial charge is 0.324 e. The molecule has 0 radical (unpaired) electrons. The molecule has 1 aliphatic heterocycles. The molecule has 0 unspecified atom stereocenters. The van der Waals surface area contributed by atoms with Crippen molar-refractivity contribution < 1.29 is 4.79 Å². The van der Waals surface area contributed by atoms with Crippen molar-refractivity contribution in [1.29, 1.82) is 0 Å². The van der Waals surface area contributed by atoms with Crippen LogP contribution >= 0.6 is 11.3 Å². The van der Waals surface area contributed by atoms with Crippen molar-refractivity contribution in [2.75, 3.05) is 18.4 Å². The highest BCUT2D eigenvalue weighted by atomic mass is 32.1. The van der Waals surface area contributed by atoms with Crippen LogP contribution in [0.25, 0.3) is 0 Å². The van der Waals surface area contributed by atoms with E-state index in [9.17, 15) is 14.4 Å². The largest absolute Gasteiger partial charge is 0.325 e. The molecule has 2 amide bonds. The van der Waals surface area contributed by atoms with Crippen molar-refractivity contribution in [1.82, 2.24) is 19.9 Å². The Labute approximate surface area is 141 Å². The Morgan fingerprint density at radius 2 is 2.29 bits per heavy atom. The molecule has 0 bridgehead atoms. The molecule has 0 spiro atoms. The molecular formula is C15H19N5O3S. The summed E-state index contributed by atoms with van der Waals surface area (Å²) in [6.45, 7) is 3.12. The zero-order valence-corrected chi connectivity index (χ0v) is 14.1. The van der Waals surface area contributed by atoms with Gasteiger partial charge in [-0.1, -0.05) is 13.3 Å². The molecule has 128 valence electrons. The predicted octanol–water partition coefficient (Wildman–Crippen LogP) is 1.49. The molecule has 9 heteroatoms. The number of carbonyl (C=O) groups excluding carboxylic acids is 1. The number of aryl methyl sites for hydroxylation is 1. The van der Waals surface area contributed by atoms with Crippen molar-refractivity contribution in [3.63, 3.8) is 0 Å². The van der Waals surface area contributed by atoms with Gasteiger partial charge >= 0.3 is 11.7 Å². The van der Waals surface area contributed by atoms with Gasteiger partial charge < -0.3 is 9.88 Å². The topological polar surface area (TPSA) is 111 Å². The van der Waals surface area contributed by atoms with Crippen molar-refractivity contribution in [3.8, 4) is 0 Å². The minimum absolute atomic E-state index is 0.0438. The maximum Gasteiger partial charge on any atom is 0.325 e. The molecule has 3 N–H and O–H groups in total. The maximum atomic E-state index is 12.3. The number of urea groups is 1. The van der Waals surface area contributed by atoms with Crippen LogP contribution < -0.4 is 16.6 Å². The quantitative estimate of drug-likeness (QED) is 0.776. The molecular weight excluding hydrogens is 330 g/mol. The monoisotopic (exact) mass is 349 g/mol. The molecule has 0 saturated carbocycles. The fourth-order valence-corrected chi connectivity index (χ4v) is 3.71. The van der Waals surface area contributed by atoms with E-state index in [2.05, 4.69) is 27.2 Å². The van der Waals surface area contributed by atoms with Gasteiger partial charge in [0.15, 0.2) is 5.13 Å². The molecule has 1 saturated heterocycles. The van der Waals surface area contributed by atoms with Gasteiger partial charge in [0.2, 0.25) is 0 Å². The summed E-state index contributed by atoms with van der Waals surface area (Å²) in [6, 6.07) is 1.17. The second kappa shape index (κ2) is 7.00. The summed E-state index contributed by atoms with van der Waals surface area (Å²) in [5, 5.41) is 3.41. The molecule has 3 rings (SSSR count). The molecule has 8 nitrogen and oxygen atoms in total. The Morgan fingerprint density at radius 1 is 1.46 bits per heavy atom. The van der Waals surface area contributed by atoms with E-state index >= 15 is 0 Å². The number of amides is 2. The standard InChI is InChI=1S/C15H19N5O3S/c1-2-3-10-7-16-14(24-10)19-15(23)20-5-4-9(8-20)11-6-12(21)18-13(22)17-11/h6-7,9H,2-5,8H2,1H3,(H,16,19,23)(H2,17,18,21,22)/t9-/m0/s1. The van der Waals surface area contributed by atoms with Gasteiger partial charge in [0, 0.05) is 41.8 Å². The van der Waals surface area contributed by atoms with Gasteiger partial charge in [0.1, 0.15) is 0 Å². The molecule has 3 heterocycles. The lowest BCUT2D eigenvalue weighted by molar-refractivity contribution is 0.222. The van der Waals surface area contributed by atoms with E-state index in [-0.39, 0.29) is 11.9 Å². The lowest BCUT2D eigenvalue weighted by Gasteiger charge is -2.16. The molecule has 0 aromatic carbocycles. The normalized spacial score (nSPS) is 17.2. The van der Waals surface area contributed by atoms with Crippen molar-refractivity contribution in [3.05, 3.63) is 43.7 Å². The highest BCUT2D eigenvalue weighted by molar-refractivity contribution is 7.15. The van der Waals surface area contributed by atoms with Gasteiger partial charge in [-0.3, -0.25) is 15.1 Å². The number of aromatic amines is 2. The van der Waals surface area contributed by atoms with Crippen molar-refractivity contribution in [2.45, 2.75) is 32.1 Å². The highest BCUT2D eigenvalue weighted by Gasteiger charge is 2.28. The Bertz CT molecular complexity index is 812. The van der Waals surface area contributed by atoms with Crippen LogP contribution in [-0.4, -0.2) is 39.0 Å². The highest BCUT2D eigenvalue weighted by Crippen LogP contribution is 2.26. The number of rotatable bonds is 4. The minimum Gasteiger partial charge on any atom is -0.324 e. The van der Waals surface area contributed by atoms with E-state index in [0.29, 0.717) is 30.3 Å². The van der Waals surface area contributed by atoms with Crippen LogP contribution in [0.2, 0.25) is 0 Å². The number of carbonyl (C=O) groups is 1. The molecule has 1 fully saturated rings. The first-order valence-corrected chi connectivity index (χ1v) is 8.71. The van der Waals surface area contributed by atoms with Gasteiger partial charge in [0.25, 0.3) is 5.56 Å². The Kier molecular flexibility index (Phi) is 4.79. The van der Waals surface area contributed by atoms with Crippen LogP contribution in [0.15, 0.2) is 21.9 Å². The Balaban J connectivity index is 1.63. The number of H-pyrrole nitrogens is 2. The second-order valence-electron chi connectivity index (χ2n) is 5.79. The van der Waals surface area contributed by atoms with Gasteiger partial charge in [-0.05, 0) is 12.8 Å². The van der Waals surface area contributed by atoms with E-state index in [1.54, 1.807) is 11.1 Å². The zero-order chi connectivity index (χ0) is 17.1. The maximum absolute atomic E-state index is 12.3. The van der Waals surface area contributed by atoms with E-state index < -0.39 is 11.2 Å². The zero-order valence-electron chi connectivity index (χ0n) is 13.3. The summed E-state index contributed by atoms with van der Waals surface area (Å²) < 4.78 is 0. The third-order valence-electron chi connectivity index (χ3n) is 3.96. The number of anilines is 1. The van der Waals surface area contributed by atoms with Crippen LogP contribution in [0.4, 0.5) is 9.93 Å². The van der Waals surface area contributed by atoms with Crippen LogP contribution in [0, 0.1) is 0 Å². The van der Waals surface area contributed by atoms with E-state index in [4.69, 9.17) is 0 Å². The number of hydrogen-bond donors (Lipinski definition) is 3. The molecule has 24 heavy (non-hydrogen) atoms. The lowest BCUT2D eigenvalue weighted by atomic mass is 10.1. The number of nitrogens with one attached hydrogen (secondary N) is 3. The average molecular weight is 349 g/mol. The lowest BCUT2D eigenvalue weighted by Crippen LogP contribution is -2.33. The first-order chi connectivity index (χ1) is 11.5. The van der Waals surface area contributed by atoms with Crippen LogP contribution in [0.1, 0.15) is 36.3 Å². The van der Waals surface area contributed by atoms with Gasteiger partial charge in [-0.2, -0.15) is 0 Å². The molecule has 2 aromatic heterocycles. The summed E-state index contributed by atoms with van der Waals surface area (Å²) >= 11 is 1.48. The molecule has 1 aliphatic rings. The fourth-order valence-electron chi connectivity index (χ4n) is 2.80. The number of nitrogens with zero attached hydrogens (tertiary/aromatic N) is 2. The minimum atomic E-state index is -0.522. The molecule has 2 aromatic rings. The number of hydrogen-bond acceptors (Lipinski definition) is 5.